The molecule has 5 heteroatoms. The van der Waals surface area contributed by atoms with E-state index in [1.54, 1.807) is 19.3 Å². The van der Waals surface area contributed by atoms with Crippen molar-refractivity contribution in [2.45, 2.75) is 27.2 Å². The van der Waals surface area contributed by atoms with Crippen molar-refractivity contribution in [1.82, 2.24) is 0 Å². The lowest BCUT2D eigenvalue weighted by molar-refractivity contribution is 0.237. The Hall–Kier alpha value is 0.240. The Morgan fingerprint density at radius 1 is 1.23 bits per heavy atom. The van der Waals surface area contributed by atoms with Gasteiger partial charge in [-0.1, -0.05) is 13.0 Å². The normalized spacial score (nSPS) is 12.5. The van der Waals surface area contributed by atoms with Gasteiger partial charge in [-0.2, -0.15) is 0 Å². The lowest BCUT2D eigenvalue weighted by atomic mass is 10.5. The second-order valence-electron chi connectivity index (χ2n) is 2.17. The van der Waals surface area contributed by atoms with Crippen LogP contribution in [0.2, 0.25) is 0 Å². The van der Waals surface area contributed by atoms with E-state index in [-0.39, 0.29) is 0 Å². The molecule has 0 aliphatic heterocycles. The van der Waals surface area contributed by atoms with Gasteiger partial charge in [0, 0.05) is 0 Å². The quantitative estimate of drug-likeness (QED) is 0.616. The molecule has 0 aromatic heterocycles. The summed E-state index contributed by atoms with van der Waals surface area (Å²) in [5.74, 6) is 0. The van der Waals surface area contributed by atoms with Crippen LogP contribution in [-0.2, 0) is 13.6 Å². The van der Waals surface area contributed by atoms with E-state index in [0.717, 1.165) is 17.8 Å². The van der Waals surface area contributed by atoms with Gasteiger partial charge in [0.2, 0.25) is 0 Å². The summed E-state index contributed by atoms with van der Waals surface area (Å²) in [7, 11) is 0. The highest BCUT2D eigenvalue weighted by Gasteiger charge is 2.22. The average Bonchev–Trinajstić information content (AvgIpc) is 2.05. The van der Waals surface area contributed by atoms with Crippen LogP contribution in [0.3, 0.4) is 0 Å². The lowest BCUT2D eigenvalue weighted by Gasteiger charge is -2.13. The van der Waals surface area contributed by atoms with Gasteiger partial charge in [-0.3, -0.25) is 0 Å². The number of allylic oxidation sites excluding steroid dienone is 1. The monoisotopic (exact) mass is 224 g/mol. The SMILES string of the molecule is CC/C=C/SP(=O)(OCC)OCC. The molecular weight excluding hydrogens is 207 g/mol. The lowest BCUT2D eigenvalue weighted by Crippen LogP contribution is -1.90. The maximum atomic E-state index is 11.8. The van der Waals surface area contributed by atoms with E-state index in [1.807, 2.05) is 13.0 Å². The van der Waals surface area contributed by atoms with Crippen molar-refractivity contribution < 1.29 is 13.6 Å². The summed E-state index contributed by atoms with van der Waals surface area (Å²) in [6, 6.07) is 0. The van der Waals surface area contributed by atoms with Gasteiger partial charge in [0.15, 0.2) is 0 Å². The van der Waals surface area contributed by atoms with Crippen molar-refractivity contribution in [2.75, 3.05) is 13.2 Å². The van der Waals surface area contributed by atoms with Gasteiger partial charge in [0.05, 0.1) is 13.2 Å². The van der Waals surface area contributed by atoms with Crippen LogP contribution in [0.25, 0.3) is 0 Å². The first-order chi connectivity index (χ1) is 6.18. The van der Waals surface area contributed by atoms with Crippen molar-refractivity contribution in [3.8, 4) is 0 Å². The summed E-state index contributed by atoms with van der Waals surface area (Å²) in [4.78, 5) is 0. The fraction of sp³-hybridized carbons (Fsp3) is 0.750. The molecule has 0 saturated heterocycles. The van der Waals surface area contributed by atoms with Gasteiger partial charge in [-0.15, -0.1) is 0 Å². The zero-order valence-corrected chi connectivity index (χ0v) is 10.1. The number of rotatable bonds is 7. The van der Waals surface area contributed by atoms with E-state index >= 15 is 0 Å². The van der Waals surface area contributed by atoms with Crippen LogP contribution in [0.5, 0.6) is 0 Å². The molecule has 0 aliphatic carbocycles. The first kappa shape index (κ1) is 13.2. The summed E-state index contributed by atoms with van der Waals surface area (Å²) in [5, 5.41) is 1.77. The Labute approximate surface area is 84.2 Å². The van der Waals surface area contributed by atoms with Crippen LogP contribution in [0.1, 0.15) is 27.2 Å². The second kappa shape index (κ2) is 7.63. The predicted molar refractivity (Wildman–Crippen MR) is 57.9 cm³/mol. The minimum atomic E-state index is -2.92. The van der Waals surface area contributed by atoms with E-state index in [9.17, 15) is 4.57 Å². The fourth-order valence-corrected chi connectivity index (χ4v) is 3.59. The van der Waals surface area contributed by atoms with Crippen LogP contribution < -0.4 is 0 Å². The third kappa shape index (κ3) is 6.33. The van der Waals surface area contributed by atoms with Crippen molar-refractivity contribution in [3.63, 3.8) is 0 Å². The second-order valence-corrected chi connectivity index (χ2v) is 6.04. The predicted octanol–water partition coefficient (Wildman–Crippen LogP) is 3.82. The molecule has 0 fully saturated rings. The smallest absolute Gasteiger partial charge is 0.301 e. The molecule has 78 valence electrons. The molecule has 0 aliphatic rings. The zero-order chi connectivity index (χ0) is 10.2. The van der Waals surface area contributed by atoms with Gasteiger partial charge in [-0.25, -0.2) is 4.57 Å². The topological polar surface area (TPSA) is 35.5 Å². The zero-order valence-electron chi connectivity index (χ0n) is 8.36. The van der Waals surface area contributed by atoms with Gasteiger partial charge in [-0.05, 0) is 37.1 Å². The van der Waals surface area contributed by atoms with Crippen molar-refractivity contribution in [3.05, 3.63) is 11.5 Å². The van der Waals surface area contributed by atoms with E-state index in [2.05, 4.69) is 0 Å². The minimum absolute atomic E-state index is 0.407. The first-order valence-corrected chi connectivity index (χ1v) is 7.43. The van der Waals surface area contributed by atoms with Crippen LogP contribution >= 0.6 is 18.2 Å². The van der Waals surface area contributed by atoms with Crippen LogP contribution in [0, 0.1) is 0 Å². The van der Waals surface area contributed by atoms with Crippen molar-refractivity contribution in [1.29, 1.82) is 0 Å². The fourth-order valence-electron chi connectivity index (χ4n) is 0.628. The molecule has 0 aromatic rings. The maximum absolute atomic E-state index is 11.8. The molecule has 3 nitrogen and oxygen atoms in total. The van der Waals surface area contributed by atoms with Crippen molar-refractivity contribution in [2.24, 2.45) is 0 Å². The standard InChI is InChI=1S/C8H17O3PS/c1-4-7-8-13-12(9,10-5-2)11-6-3/h7-8H,4-6H2,1-3H3/b8-7+. The third-order valence-electron chi connectivity index (χ3n) is 1.10. The van der Waals surface area contributed by atoms with Crippen LogP contribution in [-0.4, -0.2) is 13.2 Å². The van der Waals surface area contributed by atoms with Crippen molar-refractivity contribution >= 4 is 18.2 Å². The average molecular weight is 224 g/mol. The number of hydrogen-bond donors (Lipinski definition) is 0. The molecule has 0 N–H and O–H groups in total. The summed E-state index contributed by atoms with van der Waals surface area (Å²) in [6.45, 7) is 3.51. The summed E-state index contributed by atoms with van der Waals surface area (Å²) >= 11 is 1.13. The van der Waals surface area contributed by atoms with Gasteiger partial charge in [0.25, 0.3) is 0 Å². The van der Waals surface area contributed by atoms with E-state index < -0.39 is 6.80 Å². The Morgan fingerprint density at radius 3 is 2.15 bits per heavy atom. The van der Waals surface area contributed by atoms with Gasteiger partial charge in [0.1, 0.15) is 0 Å². The van der Waals surface area contributed by atoms with E-state index in [0.29, 0.717) is 13.2 Å². The molecule has 0 atom stereocenters. The molecule has 0 rings (SSSR count). The van der Waals surface area contributed by atoms with Gasteiger partial charge < -0.3 is 9.05 Å². The largest absolute Gasteiger partial charge is 0.393 e. The Balaban J connectivity index is 4.07. The molecule has 0 unspecified atom stereocenters. The highest BCUT2D eigenvalue weighted by atomic mass is 32.7. The molecular formula is C8H17O3PS. The van der Waals surface area contributed by atoms with Crippen LogP contribution in [0.4, 0.5) is 0 Å². The Morgan fingerprint density at radius 2 is 1.77 bits per heavy atom. The molecule has 0 saturated carbocycles. The third-order valence-corrected chi connectivity index (χ3v) is 4.59. The molecule has 0 amide bonds. The summed E-state index contributed by atoms with van der Waals surface area (Å²) < 4.78 is 21.9. The molecule has 0 heterocycles. The van der Waals surface area contributed by atoms with Gasteiger partial charge >= 0.3 is 6.80 Å². The molecule has 0 bridgehead atoms. The molecule has 13 heavy (non-hydrogen) atoms. The Bertz CT molecular complexity index is 184. The summed E-state index contributed by atoms with van der Waals surface area (Å²) in [6.07, 6.45) is 2.85. The Kier molecular flexibility index (Phi) is 7.77. The van der Waals surface area contributed by atoms with E-state index in [1.165, 1.54) is 0 Å². The molecule has 0 spiro atoms. The summed E-state index contributed by atoms with van der Waals surface area (Å²) in [5.41, 5.74) is 0. The number of hydrogen-bond acceptors (Lipinski definition) is 4. The first-order valence-electron chi connectivity index (χ1n) is 4.41. The minimum Gasteiger partial charge on any atom is -0.301 e. The van der Waals surface area contributed by atoms with E-state index in [4.69, 9.17) is 9.05 Å². The molecule has 0 aromatic carbocycles. The van der Waals surface area contributed by atoms with Crippen LogP contribution in [0.15, 0.2) is 11.5 Å². The molecule has 0 radical (unpaired) electrons. The highest BCUT2D eigenvalue weighted by molar-refractivity contribution is 8.56. The maximum Gasteiger partial charge on any atom is 0.393 e. The highest BCUT2D eigenvalue weighted by Crippen LogP contribution is 2.61.